The third kappa shape index (κ3) is 2.15. The number of hydrazine groups is 1. The molecule has 0 aromatic heterocycles. The van der Waals surface area contributed by atoms with Gasteiger partial charge in [0.1, 0.15) is 0 Å². The van der Waals surface area contributed by atoms with Crippen LogP contribution >= 0.6 is 0 Å². The molecule has 1 aliphatic heterocycles. The van der Waals surface area contributed by atoms with Gasteiger partial charge in [0.15, 0.2) is 9.84 Å². The third-order valence-corrected chi connectivity index (χ3v) is 4.33. The molecular weight excluding hydrogens is 164 g/mol. The van der Waals surface area contributed by atoms with Gasteiger partial charge in [-0.1, -0.05) is 6.42 Å². The van der Waals surface area contributed by atoms with Crippen molar-refractivity contribution in [3.63, 3.8) is 0 Å². The number of nitrogens with one attached hydrogen (secondary N) is 1. The van der Waals surface area contributed by atoms with Crippen LogP contribution in [-0.4, -0.2) is 26.0 Å². The van der Waals surface area contributed by atoms with Gasteiger partial charge in [-0.3, -0.25) is 11.3 Å². The van der Waals surface area contributed by atoms with Crippen molar-refractivity contribution in [1.82, 2.24) is 5.43 Å². The summed E-state index contributed by atoms with van der Waals surface area (Å²) in [5, 5.41) is -0.249. The Morgan fingerprint density at radius 1 is 1.45 bits per heavy atom. The Kier molecular flexibility index (Phi) is 2.86. The van der Waals surface area contributed by atoms with Gasteiger partial charge in [0, 0.05) is 6.54 Å². The van der Waals surface area contributed by atoms with Crippen LogP contribution in [0.5, 0.6) is 0 Å². The molecular formula is C6H14N2O2S. The molecule has 3 N–H and O–H groups in total. The molecule has 1 atom stereocenters. The van der Waals surface area contributed by atoms with Crippen molar-refractivity contribution in [2.24, 2.45) is 5.84 Å². The van der Waals surface area contributed by atoms with E-state index in [1.54, 1.807) is 0 Å². The molecule has 0 spiro atoms. The average Bonchev–Trinajstić information content (AvgIpc) is 1.94. The highest BCUT2D eigenvalue weighted by Gasteiger charge is 2.27. The summed E-state index contributed by atoms with van der Waals surface area (Å²) in [5.74, 6) is 5.40. The summed E-state index contributed by atoms with van der Waals surface area (Å²) in [4.78, 5) is 0. The number of nitrogens with two attached hydrogens (primary N) is 1. The largest absolute Gasteiger partial charge is 0.271 e. The number of sulfone groups is 1. The second-order valence-electron chi connectivity index (χ2n) is 2.89. The van der Waals surface area contributed by atoms with E-state index in [9.17, 15) is 8.42 Å². The number of hydrogen-bond donors (Lipinski definition) is 2. The van der Waals surface area contributed by atoms with E-state index in [4.69, 9.17) is 5.84 Å². The van der Waals surface area contributed by atoms with Gasteiger partial charge in [-0.2, -0.15) is 0 Å². The van der Waals surface area contributed by atoms with Gasteiger partial charge in [-0.25, -0.2) is 8.42 Å². The van der Waals surface area contributed by atoms with Crippen LogP contribution < -0.4 is 11.3 Å². The summed E-state index contributed by atoms with van der Waals surface area (Å²) >= 11 is 0. The average molecular weight is 178 g/mol. The van der Waals surface area contributed by atoms with Crippen molar-refractivity contribution in [2.45, 2.75) is 24.5 Å². The highest BCUT2D eigenvalue weighted by molar-refractivity contribution is 7.92. The Hall–Kier alpha value is -0.130. The summed E-state index contributed by atoms with van der Waals surface area (Å²) in [6, 6.07) is 0. The fourth-order valence-corrected chi connectivity index (χ4v) is 3.20. The molecule has 1 heterocycles. The molecule has 0 radical (unpaired) electrons. The molecule has 11 heavy (non-hydrogen) atoms. The van der Waals surface area contributed by atoms with Crippen molar-refractivity contribution < 1.29 is 8.42 Å². The van der Waals surface area contributed by atoms with Crippen LogP contribution in [0.4, 0.5) is 0 Å². The molecule has 0 aromatic rings. The lowest BCUT2D eigenvalue weighted by molar-refractivity contribution is 0.524. The Bertz CT molecular complexity index is 211. The zero-order chi connectivity index (χ0) is 8.32. The molecule has 0 bridgehead atoms. The van der Waals surface area contributed by atoms with Gasteiger partial charge in [0.05, 0.1) is 11.0 Å². The normalized spacial score (nSPS) is 30.1. The lowest BCUT2D eigenvalue weighted by atomic mass is 10.2. The van der Waals surface area contributed by atoms with E-state index >= 15 is 0 Å². The van der Waals surface area contributed by atoms with E-state index in [2.05, 4.69) is 5.43 Å². The van der Waals surface area contributed by atoms with Crippen LogP contribution in [0, 0.1) is 0 Å². The second-order valence-corrected chi connectivity index (χ2v) is 5.29. The van der Waals surface area contributed by atoms with E-state index in [0.29, 0.717) is 12.3 Å². The molecule has 1 rings (SSSR count). The fraction of sp³-hybridized carbons (Fsp3) is 1.00. The van der Waals surface area contributed by atoms with Gasteiger partial charge < -0.3 is 0 Å². The van der Waals surface area contributed by atoms with Crippen molar-refractivity contribution in [3.05, 3.63) is 0 Å². The lowest BCUT2D eigenvalue weighted by Gasteiger charge is -2.21. The molecule has 0 saturated carbocycles. The van der Waals surface area contributed by atoms with Gasteiger partial charge in [0.25, 0.3) is 0 Å². The molecule has 1 saturated heterocycles. The van der Waals surface area contributed by atoms with Gasteiger partial charge >= 0.3 is 0 Å². The van der Waals surface area contributed by atoms with E-state index in [-0.39, 0.29) is 5.25 Å². The summed E-state index contributed by atoms with van der Waals surface area (Å²) in [5.41, 5.74) is 2.41. The number of rotatable bonds is 2. The maximum Gasteiger partial charge on any atom is 0.154 e. The van der Waals surface area contributed by atoms with Crippen LogP contribution in [0.1, 0.15) is 19.3 Å². The molecule has 0 aromatic carbocycles. The molecule has 66 valence electrons. The van der Waals surface area contributed by atoms with E-state index in [0.717, 1.165) is 19.3 Å². The molecule has 5 heteroatoms. The maximum atomic E-state index is 11.3. The van der Waals surface area contributed by atoms with E-state index in [1.807, 2.05) is 0 Å². The monoisotopic (exact) mass is 178 g/mol. The first-order chi connectivity index (χ1) is 5.17. The minimum atomic E-state index is -2.83. The first-order valence-electron chi connectivity index (χ1n) is 3.82. The molecule has 1 fully saturated rings. The highest BCUT2D eigenvalue weighted by Crippen LogP contribution is 2.18. The second kappa shape index (κ2) is 3.51. The van der Waals surface area contributed by atoms with Crippen LogP contribution in [0.25, 0.3) is 0 Å². The zero-order valence-electron chi connectivity index (χ0n) is 6.41. The third-order valence-electron chi connectivity index (χ3n) is 2.06. The molecule has 4 nitrogen and oxygen atoms in total. The molecule has 0 aliphatic carbocycles. The predicted octanol–water partition coefficient (Wildman–Crippen LogP) is -0.583. The van der Waals surface area contributed by atoms with Crippen molar-refractivity contribution in [3.8, 4) is 0 Å². The molecule has 1 aliphatic rings. The standard InChI is InChI=1S/C6H14N2O2S/c7-8-5-6-3-1-2-4-11(6,9)10/h6,8H,1-5,7H2. The van der Waals surface area contributed by atoms with Crippen LogP contribution in [0.3, 0.4) is 0 Å². The molecule has 1 unspecified atom stereocenters. The van der Waals surface area contributed by atoms with Gasteiger partial charge in [-0.15, -0.1) is 0 Å². The quantitative estimate of drug-likeness (QED) is 0.438. The molecule has 0 amide bonds. The van der Waals surface area contributed by atoms with Crippen molar-refractivity contribution >= 4 is 9.84 Å². The highest BCUT2D eigenvalue weighted by atomic mass is 32.2. The summed E-state index contributed by atoms with van der Waals surface area (Å²) in [7, 11) is -2.83. The minimum absolute atomic E-state index is 0.249. The first-order valence-corrected chi connectivity index (χ1v) is 5.53. The van der Waals surface area contributed by atoms with Crippen molar-refractivity contribution in [1.29, 1.82) is 0 Å². The Morgan fingerprint density at radius 3 is 2.73 bits per heavy atom. The smallest absolute Gasteiger partial charge is 0.154 e. The topological polar surface area (TPSA) is 72.2 Å². The fourth-order valence-electron chi connectivity index (χ4n) is 1.38. The van der Waals surface area contributed by atoms with Crippen molar-refractivity contribution in [2.75, 3.05) is 12.3 Å². The summed E-state index contributed by atoms with van der Waals surface area (Å²) in [6.07, 6.45) is 2.57. The Morgan fingerprint density at radius 2 is 2.18 bits per heavy atom. The minimum Gasteiger partial charge on any atom is -0.271 e. The SMILES string of the molecule is NNCC1CCCCS1(=O)=O. The van der Waals surface area contributed by atoms with Gasteiger partial charge in [0.2, 0.25) is 0 Å². The van der Waals surface area contributed by atoms with E-state index < -0.39 is 9.84 Å². The Balaban J connectivity index is 2.60. The number of hydrogen-bond acceptors (Lipinski definition) is 4. The van der Waals surface area contributed by atoms with Crippen LogP contribution in [0.15, 0.2) is 0 Å². The lowest BCUT2D eigenvalue weighted by Crippen LogP contribution is -2.39. The van der Waals surface area contributed by atoms with Crippen LogP contribution in [-0.2, 0) is 9.84 Å². The maximum absolute atomic E-state index is 11.3. The Labute approximate surface area is 67.0 Å². The summed E-state index contributed by atoms with van der Waals surface area (Å²) in [6.45, 7) is 0.391. The first kappa shape index (κ1) is 8.96. The predicted molar refractivity (Wildman–Crippen MR) is 43.6 cm³/mol. The van der Waals surface area contributed by atoms with E-state index in [1.165, 1.54) is 0 Å². The summed E-state index contributed by atoms with van der Waals surface area (Å²) < 4.78 is 22.6. The van der Waals surface area contributed by atoms with Gasteiger partial charge in [-0.05, 0) is 12.8 Å². The zero-order valence-corrected chi connectivity index (χ0v) is 7.23. The van der Waals surface area contributed by atoms with Crippen LogP contribution in [0.2, 0.25) is 0 Å².